The Morgan fingerprint density at radius 3 is 2.91 bits per heavy atom. The summed E-state index contributed by atoms with van der Waals surface area (Å²) in [7, 11) is 0. The molecule has 0 unspecified atom stereocenters. The first kappa shape index (κ1) is 9.73. The van der Waals surface area contributed by atoms with Crippen molar-refractivity contribution in [3.63, 3.8) is 0 Å². The zero-order valence-corrected chi connectivity index (χ0v) is 6.33. The second kappa shape index (κ2) is 5.51. The van der Waals surface area contributed by atoms with Gasteiger partial charge in [-0.2, -0.15) is 5.17 Å². The average Bonchev–Trinajstić information content (AvgIpc) is 2.03. The summed E-state index contributed by atoms with van der Waals surface area (Å²) in [4.78, 5) is 15.4. The normalized spacial score (nSPS) is 8.55. The number of nitrogens with one attached hydrogen (secondary N) is 2. The molecule has 2 amide bonds. The molecule has 0 aromatic rings. The van der Waals surface area contributed by atoms with Gasteiger partial charge in [0.15, 0.2) is 0 Å². The van der Waals surface area contributed by atoms with Crippen molar-refractivity contribution in [3.8, 4) is 0 Å². The number of urea groups is 1. The fraction of sp³-hybridized carbons (Fsp3) is 0.400. The molecular formula is C5H12N4O2. The minimum Gasteiger partial charge on any atom is -0.274 e. The number of nitrogens with zero attached hydrogens (tertiary/aromatic N) is 1. The molecule has 0 aromatic heterocycles. The lowest BCUT2D eigenvalue weighted by Crippen LogP contribution is -2.47. The molecule has 0 aliphatic carbocycles. The Balaban J connectivity index is 3.67. The number of carbonyl (C=O) groups excluding carboxylic acids is 1. The van der Waals surface area contributed by atoms with Gasteiger partial charge in [-0.15, -0.1) is 0 Å². The molecule has 6 nitrogen and oxygen atoms in total. The van der Waals surface area contributed by atoms with E-state index in [-0.39, 0.29) is 0 Å². The molecule has 0 saturated carbocycles. The van der Waals surface area contributed by atoms with Crippen molar-refractivity contribution in [2.75, 3.05) is 6.61 Å². The second-order valence-corrected chi connectivity index (χ2v) is 1.51. The highest BCUT2D eigenvalue weighted by atomic mass is 16.7. The van der Waals surface area contributed by atoms with Crippen LogP contribution in [-0.2, 0) is 4.84 Å². The molecule has 0 fully saturated rings. The number of hydrogen-bond donors (Lipinski definition) is 3. The SMILES string of the molecule is C=CN(NC(=O)NN)OCC. The molecule has 0 atom stereocenters. The van der Waals surface area contributed by atoms with Crippen molar-refractivity contribution in [1.29, 1.82) is 0 Å². The van der Waals surface area contributed by atoms with Gasteiger partial charge in [-0.1, -0.05) is 6.58 Å². The number of amides is 2. The summed E-state index contributed by atoms with van der Waals surface area (Å²) in [6.07, 6.45) is 1.30. The van der Waals surface area contributed by atoms with E-state index in [1.807, 2.05) is 5.43 Å². The highest BCUT2D eigenvalue weighted by molar-refractivity contribution is 5.72. The maximum atomic E-state index is 10.5. The molecule has 6 heteroatoms. The van der Waals surface area contributed by atoms with Crippen LogP contribution in [0.4, 0.5) is 4.79 Å². The van der Waals surface area contributed by atoms with Crippen molar-refractivity contribution in [1.82, 2.24) is 16.0 Å². The molecule has 0 aliphatic heterocycles. The molecule has 0 heterocycles. The summed E-state index contributed by atoms with van der Waals surface area (Å²) in [5, 5.41) is 1.06. The first-order valence-corrected chi connectivity index (χ1v) is 3.06. The van der Waals surface area contributed by atoms with Crippen LogP contribution < -0.4 is 16.7 Å². The van der Waals surface area contributed by atoms with Gasteiger partial charge < -0.3 is 0 Å². The van der Waals surface area contributed by atoms with Crippen LogP contribution in [0.1, 0.15) is 6.92 Å². The van der Waals surface area contributed by atoms with Crippen molar-refractivity contribution in [2.24, 2.45) is 5.84 Å². The lowest BCUT2D eigenvalue weighted by atomic mass is 10.9. The predicted molar refractivity (Wildman–Crippen MR) is 39.5 cm³/mol. The second-order valence-electron chi connectivity index (χ2n) is 1.51. The summed E-state index contributed by atoms with van der Waals surface area (Å²) < 4.78 is 0. The Morgan fingerprint density at radius 1 is 1.91 bits per heavy atom. The van der Waals surface area contributed by atoms with Crippen LogP contribution in [0.5, 0.6) is 0 Å². The standard InChI is InChI=1S/C5H12N4O2/c1-3-9(11-4-2)8-5(10)7-6/h3H,1,4,6H2,2H3,(H2,7,8,10). The number of hydrazine groups is 2. The van der Waals surface area contributed by atoms with E-state index >= 15 is 0 Å². The predicted octanol–water partition coefficient (Wildman–Crippen LogP) is -0.529. The summed E-state index contributed by atoms with van der Waals surface area (Å²) in [5.41, 5.74) is 4.10. The van der Waals surface area contributed by atoms with E-state index in [4.69, 9.17) is 10.7 Å². The van der Waals surface area contributed by atoms with Crippen LogP contribution in [0.2, 0.25) is 0 Å². The van der Waals surface area contributed by atoms with E-state index < -0.39 is 6.03 Å². The maximum absolute atomic E-state index is 10.5. The van der Waals surface area contributed by atoms with Crippen LogP contribution in [0.3, 0.4) is 0 Å². The number of rotatable bonds is 4. The Morgan fingerprint density at radius 2 is 2.55 bits per heavy atom. The van der Waals surface area contributed by atoms with Gasteiger partial charge in [-0.25, -0.2) is 16.1 Å². The van der Waals surface area contributed by atoms with Crippen LogP contribution in [0.15, 0.2) is 12.8 Å². The maximum Gasteiger partial charge on any atom is 0.349 e. The van der Waals surface area contributed by atoms with Gasteiger partial charge >= 0.3 is 6.03 Å². The van der Waals surface area contributed by atoms with Gasteiger partial charge in [0.2, 0.25) is 0 Å². The molecule has 11 heavy (non-hydrogen) atoms. The number of hydroxylamine groups is 1. The molecular weight excluding hydrogens is 148 g/mol. The van der Waals surface area contributed by atoms with Crippen molar-refractivity contribution < 1.29 is 9.63 Å². The molecule has 0 aromatic carbocycles. The van der Waals surface area contributed by atoms with Crippen LogP contribution in [0, 0.1) is 0 Å². The van der Waals surface area contributed by atoms with Gasteiger partial charge in [0, 0.05) is 6.20 Å². The van der Waals surface area contributed by atoms with Gasteiger partial charge in [0.1, 0.15) is 0 Å². The number of nitrogens with two attached hydrogens (primary N) is 1. The zero-order chi connectivity index (χ0) is 8.69. The first-order chi connectivity index (χ1) is 5.24. The van der Waals surface area contributed by atoms with E-state index in [1.165, 1.54) is 6.20 Å². The molecule has 0 aliphatic rings. The Hall–Kier alpha value is -1.27. The summed E-state index contributed by atoms with van der Waals surface area (Å²) >= 11 is 0. The third-order valence-electron chi connectivity index (χ3n) is 0.777. The largest absolute Gasteiger partial charge is 0.349 e. The van der Waals surface area contributed by atoms with Gasteiger partial charge in [0.05, 0.1) is 6.61 Å². The van der Waals surface area contributed by atoms with E-state index in [9.17, 15) is 4.79 Å². The third kappa shape index (κ3) is 4.18. The zero-order valence-electron chi connectivity index (χ0n) is 6.33. The monoisotopic (exact) mass is 160 g/mol. The van der Waals surface area contributed by atoms with Crippen LogP contribution in [0.25, 0.3) is 0 Å². The van der Waals surface area contributed by atoms with Gasteiger partial charge in [-0.3, -0.25) is 10.3 Å². The average molecular weight is 160 g/mol. The lowest BCUT2D eigenvalue weighted by molar-refractivity contribution is -0.140. The third-order valence-corrected chi connectivity index (χ3v) is 0.777. The topological polar surface area (TPSA) is 79.6 Å². The van der Waals surface area contributed by atoms with Crippen molar-refractivity contribution >= 4 is 6.03 Å². The lowest BCUT2D eigenvalue weighted by Gasteiger charge is -2.17. The quantitative estimate of drug-likeness (QED) is 0.293. The van der Waals surface area contributed by atoms with E-state index in [0.29, 0.717) is 6.61 Å². The van der Waals surface area contributed by atoms with E-state index in [1.54, 1.807) is 6.92 Å². The van der Waals surface area contributed by atoms with Crippen molar-refractivity contribution in [3.05, 3.63) is 12.8 Å². The molecule has 4 N–H and O–H groups in total. The molecule has 0 saturated heterocycles. The summed E-state index contributed by atoms with van der Waals surface area (Å²) in [6.45, 7) is 5.59. The van der Waals surface area contributed by atoms with Crippen molar-refractivity contribution in [2.45, 2.75) is 6.92 Å². The van der Waals surface area contributed by atoms with E-state index in [0.717, 1.165) is 5.17 Å². The molecule has 0 rings (SSSR count). The Labute approximate surface area is 64.9 Å². The first-order valence-electron chi connectivity index (χ1n) is 3.06. The molecule has 0 radical (unpaired) electrons. The van der Waals surface area contributed by atoms with Gasteiger partial charge in [-0.05, 0) is 6.92 Å². The highest BCUT2D eigenvalue weighted by Crippen LogP contribution is 1.83. The highest BCUT2D eigenvalue weighted by Gasteiger charge is 2.00. The fourth-order valence-electron chi connectivity index (χ4n) is 0.402. The Bertz CT molecular complexity index is 138. The van der Waals surface area contributed by atoms with E-state index in [2.05, 4.69) is 12.0 Å². The van der Waals surface area contributed by atoms with Crippen LogP contribution >= 0.6 is 0 Å². The summed E-state index contributed by atoms with van der Waals surface area (Å²) in [6, 6.07) is -0.571. The van der Waals surface area contributed by atoms with Gasteiger partial charge in [0.25, 0.3) is 0 Å². The smallest absolute Gasteiger partial charge is 0.274 e. The fourth-order valence-corrected chi connectivity index (χ4v) is 0.402. The number of hydrogen-bond acceptors (Lipinski definition) is 4. The minimum atomic E-state index is -0.571. The molecule has 0 bridgehead atoms. The molecule has 0 spiro atoms. The molecule has 64 valence electrons. The Kier molecular flexibility index (Phi) is 4.87. The summed E-state index contributed by atoms with van der Waals surface area (Å²) in [5.74, 6) is 4.79. The van der Waals surface area contributed by atoms with Crippen LogP contribution in [-0.4, -0.2) is 17.8 Å². The number of carbonyl (C=O) groups is 1. The minimum absolute atomic E-state index is 0.427.